The van der Waals surface area contributed by atoms with Gasteiger partial charge in [-0.05, 0) is 34.8 Å². The van der Waals surface area contributed by atoms with Crippen molar-refractivity contribution in [2.45, 2.75) is 19.4 Å². The summed E-state index contributed by atoms with van der Waals surface area (Å²) < 4.78 is 1.77. The number of carbonyl (C=O) groups excluding carboxylic acids is 3. The number of nitrogens with zero attached hydrogens (tertiary/aromatic N) is 4. The molecule has 2 aliphatic heterocycles. The van der Waals surface area contributed by atoms with Gasteiger partial charge in [0, 0.05) is 19.8 Å². The van der Waals surface area contributed by atoms with Crippen molar-refractivity contribution in [2.75, 3.05) is 31.7 Å². The number of imide groups is 1. The molecule has 1 aromatic carbocycles. The van der Waals surface area contributed by atoms with Crippen molar-refractivity contribution < 1.29 is 19.0 Å². The number of hydrogen-bond acceptors (Lipinski definition) is 5. The molecule has 3 rings (SSSR count). The molecule has 29 heavy (non-hydrogen) atoms. The number of amidine groups is 2. The van der Waals surface area contributed by atoms with Crippen molar-refractivity contribution in [2.24, 2.45) is 4.99 Å². The van der Waals surface area contributed by atoms with E-state index in [0.717, 1.165) is 22.6 Å². The van der Waals surface area contributed by atoms with Gasteiger partial charge < -0.3 is 5.32 Å². The topological polar surface area (TPSA) is 85.1 Å². The Hall–Kier alpha value is -2.94. The average molecular weight is 415 g/mol. The van der Waals surface area contributed by atoms with Crippen LogP contribution in [0.2, 0.25) is 0 Å². The van der Waals surface area contributed by atoms with Crippen LogP contribution in [0.25, 0.3) is 0 Å². The van der Waals surface area contributed by atoms with E-state index >= 15 is 0 Å². The third-order valence-electron chi connectivity index (χ3n) is 4.82. The summed E-state index contributed by atoms with van der Waals surface area (Å²) >= 11 is 1.23. The van der Waals surface area contributed by atoms with Gasteiger partial charge in [0.25, 0.3) is 17.8 Å². The number of aliphatic imine (C=N–C) groups is 1. The zero-order valence-electron chi connectivity index (χ0n) is 16.7. The van der Waals surface area contributed by atoms with Crippen LogP contribution in [0, 0.1) is 0 Å². The van der Waals surface area contributed by atoms with Crippen LogP contribution >= 0.6 is 11.8 Å². The molecule has 1 unspecified atom stereocenters. The van der Waals surface area contributed by atoms with Crippen LogP contribution in [0.1, 0.15) is 12.5 Å². The van der Waals surface area contributed by atoms with Crippen LogP contribution in [0.4, 0.5) is 10.5 Å². The van der Waals surface area contributed by atoms with Crippen molar-refractivity contribution in [1.29, 1.82) is 0 Å². The summed E-state index contributed by atoms with van der Waals surface area (Å²) in [6.07, 6.45) is 2.49. The Morgan fingerprint density at radius 3 is 2.72 bits per heavy atom. The minimum Gasteiger partial charge on any atom is -0.325 e. The number of fused-ring (bicyclic) bond motifs is 1. The zero-order chi connectivity index (χ0) is 21.1. The van der Waals surface area contributed by atoms with E-state index in [-0.39, 0.29) is 17.6 Å². The Labute approximate surface area is 174 Å². The molecular formula is C20H24N5O3S+. The lowest BCUT2D eigenvalue weighted by atomic mass is 10.1. The van der Waals surface area contributed by atoms with Gasteiger partial charge in [0.1, 0.15) is 6.54 Å². The highest BCUT2D eigenvalue weighted by molar-refractivity contribution is 8.14. The highest BCUT2D eigenvalue weighted by Gasteiger charge is 2.52. The van der Waals surface area contributed by atoms with E-state index in [1.807, 2.05) is 31.2 Å². The van der Waals surface area contributed by atoms with Crippen LogP contribution in [-0.4, -0.2) is 75.7 Å². The van der Waals surface area contributed by atoms with Gasteiger partial charge in [-0.3, -0.25) is 19.4 Å². The van der Waals surface area contributed by atoms with E-state index in [0.29, 0.717) is 17.5 Å². The lowest BCUT2D eigenvalue weighted by molar-refractivity contribution is -0.522. The molecule has 0 radical (unpaired) electrons. The van der Waals surface area contributed by atoms with E-state index in [2.05, 4.69) is 16.9 Å². The zero-order valence-corrected chi connectivity index (χ0v) is 17.5. The highest BCUT2D eigenvalue weighted by Crippen LogP contribution is 2.23. The first-order chi connectivity index (χ1) is 13.9. The number of benzene rings is 1. The number of rotatable bonds is 6. The third kappa shape index (κ3) is 3.95. The van der Waals surface area contributed by atoms with E-state index in [9.17, 15) is 14.4 Å². The molecule has 2 heterocycles. The second-order valence-electron chi connectivity index (χ2n) is 6.68. The number of hydrogen-bond donors (Lipinski definition) is 1. The van der Waals surface area contributed by atoms with Crippen LogP contribution in [0.15, 0.2) is 41.9 Å². The number of amides is 4. The molecule has 9 heteroatoms. The summed E-state index contributed by atoms with van der Waals surface area (Å²) in [4.78, 5) is 44.3. The van der Waals surface area contributed by atoms with Gasteiger partial charge in [-0.25, -0.2) is 9.37 Å². The Morgan fingerprint density at radius 1 is 1.31 bits per heavy atom. The van der Waals surface area contributed by atoms with Gasteiger partial charge in [0.15, 0.2) is 0 Å². The van der Waals surface area contributed by atoms with E-state index in [1.54, 1.807) is 17.7 Å². The smallest absolute Gasteiger partial charge is 0.325 e. The van der Waals surface area contributed by atoms with Crippen molar-refractivity contribution in [3.63, 3.8) is 0 Å². The summed E-state index contributed by atoms with van der Waals surface area (Å²) in [6, 6.07) is 6.56. The maximum atomic E-state index is 12.7. The lowest BCUT2D eigenvalue weighted by Crippen LogP contribution is -2.61. The van der Waals surface area contributed by atoms with Crippen LogP contribution in [-0.2, 0) is 16.0 Å². The molecule has 1 atom stereocenters. The standard InChI is InChI=1S/C20H23N5O3S/c1-5-11-25-16-17(23(3)20(28)24(4)18(16)27)22-19(25)29-12-15(26)21-14-10-8-7-9-13(14)6-2/h5,7-10,16H,1,6,11-12H2,2-4H3/p+1. The maximum absolute atomic E-state index is 12.7. The third-order valence-corrected chi connectivity index (χ3v) is 5.82. The first kappa shape index (κ1) is 20.8. The maximum Gasteiger partial charge on any atom is 0.358 e. The molecule has 2 aliphatic rings. The molecule has 0 aromatic heterocycles. The number of urea groups is 1. The Balaban J connectivity index is 1.77. The fraction of sp³-hybridized carbons (Fsp3) is 0.350. The SMILES string of the molecule is C=CC[N+]1=C(SCC(=O)Nc2ccccc2CC)N=C2C1C(=O)N(C)C(=O)N2C. The van der Waals surface area contributed by atoms with Crippen molar-refractivity contribution >= 4 is 46.3 Å². The van der Waals surface area contributed by atoms with Gasteiger partial charge >= 0.3 is 11.2 Å². The Kier molecular flexibility index (Phi) is 6.17. The number of para-hydroxylation sites is 1. The molecule has 4 amide bonds. The van der Waals surface area contributed by atoms with E-state index in [4.69, 9.17) is 0 Å². The molecule has 1 saturated heterocycles. The number of nitrogens with one attached hydrogen (secondary N) is 1. The molecule has 1 fully saturated rings. The Bertz CT molecular complexity index is 940. The van der Waals surface area contributed by atoms with Crippen LogP contribution < -0.4 is 5.32 Å². The largest absolute Gasteiger partial charge is 0.358 e. The highest BCUT2D eigenvalue weighted by atomic mass is 32.2. The van der Waals surface area contributed by atoms with E-state index in [1.165, 1.54) is 23.7 Å². The van der Waals surface area contributed by atoms with Gasteiger partial charge in [-0.15, -0.1) is 0 Å². The normalized spacial score (nSPS) is 18.7. The molecule has 8 nitrogen and oxygen atoms in total. The monoisotopic (exact) mass is 414 g/mol. The van der Waals surface area contributed by atoms with Gasteiger partial charge in [-0.2, -0.15) is 0 Å². The second-order valence-corrected chi connectivity index (χ2v) is 7.63. The lowest BCUT2D eigenvalue weighted by Gasteiger charge is -2.30. The summed E-state index contributed by atoms with van der Waals surface area (Å²) in [6.45, 7) is 6.15. The Morgan fingerprint density at radius 2 is 2.03 bits per heavy atom. The summed E-state index contributed by atoms with van der Waals surface area (Å²) in [5, 5.41) is 3.45. The molecule has 152 valence electrons. The summed E-state index contributed by atoms with van der Waals surface area (Å²) in [7, 11) is 3.04. The minimum absolute atomic E-state index is 0.131. The number of carbonyl (C=O) groups is 3. The molecule has 0 spiro atoms. The van der Waals surface area contributed by atoms with Crippen molar-refractivity contribution in [3.05, 3.63) is 42.5 Å². The molecular weight excluding hydrogens is 390 g/mol. The second kappa shape index (κ2) is 8.60. The van der Waals surface area contributed by atoms with Gasteiger partial charge in [-0.1, -0.05) is 37.8 Å². The number of likely N-dealkylation sites (N-methyl/N-ethyl adjacent to an activating group) is 2. The predicted octanol–water partition coefficient (Wildman–Crippen LogP) is 1.78. The number of aryl methyl sites for hydroxylation is 1. The summed E-state index contributed by atoms with van der Waals surface area (Å²) in [5.74, 6) is 0.00127. The molecule has 1 aromatic rings. The number of anilines is 1. The van der Waals surface area contributed by atoms with Crippen LogP contribution in [0.3, 0.4) is 0 Å². The average Bonchev–Trinajstić information content (AvgIpc) is 3.08. The minimum atomic E-state index is -0.688. The molecule has 0 aliphatic carbocycles. The fourth-order valence-electron chi connectivity index (χ4n) is 3.28. The van der Waals surface area contributed by atoms with Crippen molar-refractivity contribution in [1.82, 2.24) is 9.80 Å². The molecule has 0 saturated carbocycles. The first-order valence-corrected chi connectivity index (χ1v) is 10.3. The van der Waals surface area contributed by atoms with Crippen molar-refractivity contribution in [3.8, 4) is 0 Å². The molecule has 1 N–H and O–H groups in total. The predicted molar refractivity (Wildman–Crippen MR) is 114 cm³/mol. The van der Waals surface area contributed by atoms with Crippen LogP contribution in [0.5, 0.6) is 0 Å². The van der Waals surface area contributed by atoms with Gasteiger partial charge in [0.05, 0.1) is 5.75 Å². The quantitative estimate of drug-likeness (QED) is 0.568. The van der Waals surface area contributed by atoms with E-state index < -0.39 is 12.1 Å². The summed E-state index contributed by atoms with van der Waals surface area (Å²) in [5.41, 5.74) is 1.86. The van der Waals surface area contributed by atoms with Gasteiger partial charge in [0.2, 0.25) is 5.91 Å². The fourth-order valence-corrected chi connectivity index (χ4v) is 4.12. The molecule has 0 bridgehead atoms. The first-order valence-electron chi connectivity index (χ1n) is 9.27. The number of thioether (sulfide) groups is 1.